The third-order valence-electron chi connectivity index (χ3n) is 7.12. The van der Waals surface area contributed by atoms with Crippen LogP contribution in [0.5, 0.6) is 0 Å². The van der Waals surface area contributed by atoms with Crippen molar-refractivity contribution in [2.24, 2.45) is 5.73 Å². The van der Waals surface area contributed by atoms with E-state index in [-0.39, 0.29) is 0 Å². The maximum absolute atomic E-state index is 5.36. The van der Waals surface area contributed by atoms with Crippen molar-refractivity contribution in [3.05, 3.63) is 108 Å². The Kier molecular flexibility index (Phi) is 32.4. The predicted molar refractivity (Wildman–Crippen MR) is 202 cm³/mol. The molecule has 0 heterocycles. The number of benzene rings is 3. The molecule has 3 nitrogen and oxygen atoms in total. The van der Waals surface area contributed by atoms with E-state index in [4.69, 9.17) is 5.73 Å². The number of unbranched alkanes of at least 4 members (excludes halogenated alkanes) is 4. The van der Waals surface area contributed by atoms with Crippen molar-refractivity contribution in [1.82, 2.24) is 10.2 Å². The van der Waals surface area contributed by atoms with Gasteiger partial charge in [-0.2, -0.15) is 0 Å². The van der Waals surface area contributed by atoms with Gasteiger partial charge < -0.3 is 16.0 Å². The summed E-state index contributed by atoms with van der Waals surface area (Å²) >= 11 is 3.31. The van der Waals surface area contributed by atoms with Gasteiger partial charge in [0.2, 0.25) is 0 Å². The van der Waals surface area contributed by atoms with Gasteiger partial charge in [0.05, 0.1) is 0 Å². The first-order valence-corrected chi connectivity index (χ1v) is 18.6. The summed E-state index contributed by atoms with van der Waals surface area (Å²) in [5.74, 6) is 0. The number of alkyl halides is 1. The molecule has 0 bridgehead atoms. The Balaban J connectivity index is 0.000000606. The summed E-state index contributed by atoms with van der Waals surface area (Å²) in [6.45, 7) is 15.7. The quantitative estimate of drug-likeness (QED) is 0.0987. The number of nitrogens with one attached hydrogen (secondary N) is 1. The van der Waals surface area contributed by atoms with Crippen molar-refractivity contribution in [2.45, 2.75) is 98.3 Å². The summed E-state index contributed by atoms with van der Waals surface area (Å²) in [6.07, 6.45) is 13.7. The monoisotopic (exact) mass is 667 g/mol. The minimum Gasteiger partial charge on any atom is -0.330 e. The predicted octanol–water partition coefficient (Wildman–Crippen LogP) is 10.1. The third-order valence-corrected chi connectivity index (χ3v) is 7.68. The lowest BCUT2D eigenvalue weighted by atomic mass is 10.1. The fourth-order valence-corrected chi connectivity index (χ4v) is 4.84. The lowest BCUT2D eigenvalue weighted by Gasteiger charge is -2.21. The van der Waals surface area contributed by atoms with Gasteiger partial charge in [-0.3, -0.25) is 0 Å². The number of nitrogens with two attached hydrogens (primary N) is 1. The lowest BCUT2D eigenvalue weighted by molar-refractivity contribution is 0.268. The van der Waals surface area contributed by atoms with E-state index >= 15 is 0 Å². The highest BCUT2D eigenvalue weighted by Crippen LogP contribution is 2.04. The molecule has 0 aliphatic rings. The molecule has 0 aliphatic carbocycles. The first-order valence-electron chi connectivity index (χ1n) is 17.5. The van der Waals surface area contributed by atoms with E-state index in [9.17, 15) is 0 Å². The van der Waals surface area contributed by atoms with Gasteiger partial charge >= 0.3 is 0 Å². The zero-order valence-electron chi connectivity index (χ0n) is 28.8. The van der Waals surface area contributed by atoms with Gasteiger partial charge in [-0.25, -0.2) is 0 Å². The second-order valence-corrected chi connectivity index (χ2v) is 12.0. The Morgan fingerprint density at radius 2 is 0.955 bits per heavy atom. The normalized spacial score (nSPS) is 10.2. The van der Waals surface area contributed by atoms with Crippen molar-refractivity contribution in [1.29, 1.82) is 0 Å². The topological polar surface area (TPSA) is 41.3 Å². The van der Waals surface area contributed by atoms with Crippen LogP contribution in [0, 0.1) is 0 Å². The average molecular weight is 669 g/mol. The fraction of sp³-hybridized carbons (Fsp3) is 0.550. The number of rotatable bonds is 19. The van der Waals surface area contributed by atoms with Crippen molar-refractivity contribution in [3.8, 4) is 0 Å². The van der Waals surface area contributed by atoms with Crippen LogP contribution in [0.2, 0.25) is 0 Å². The molecule has 4 heteroatoms. The van der Waals surface area contributed by atoms with E-state index in [0.29, 0.717) is 0 Å². The summed E-state index contributed by atoms with van der Waals surface area (Å²) in [5.41, 5.74) is 9.57. The van der Waals surface area contributed by atoms with Crippen LogP contribution in [0.1, 0.15) is 95.8 Å². The van der Waals surface area contributed by atoms with Crippen LogP contribution in [0.25, 0.3) is 0 Å². The number of hydrogen-bond donors (Lipinski definition) is 2. The minimum atomic E-state index is 0.740. The van der Waals surface area contributed by atoms with Gasteiger partial charge in [-0.1, -0.05) is 160 Å². The van der Waals surface area contributed by atoms with E-state index in [1.165, 1.54) is 94.1 Å². The molecule has 0 atom stereocenters. The highest BCUT2D eigenvalue weighted by atomic mass is 79.9. The first kappa shape index (κ1) is 42.0. The van der Waals surface area contributed by atoms with E-state index in [1.807, 2.05) is 18.2 Å². The number of nitrogens with zero attached hydrogens (tertiary/aromatic N) is 1. The summed E-state index contributed by atoms with van der Waals surface area (Å²) in [5, 5.41) is 4.59. The molecule has 0 fully saturated rings. The molecule has 0 unspecified atom stereocenters. The van der Waals surface area contributed by atoms with Gasteiger partial charge in [0.1, 0.15) is 0 Å². The molecule has 0 aliphatic heterocycles. The molecule has 3 aromatic carbocycles. The molecule has 0 aromatic heterocycles. The highest BCUT2D eigenvalue weighted by Gasteiger charge is 2.03. The molecular weight excluding hydrogens is 602 g/mol. The van der Waals surface area contributed by atoms with E-state index in [0.717, 1.165) is 37.8 Å². The van der Waals surface area contributed by atoms with Crippen LogP contribution in [0.4, 0.5) is 0 Å². The van der Waals surface area contributed by atoms with Gasteiger partial charge in [-0.15, -0.1) is 0 Å². The van der Waals surface area contributed by atoms with Gasteiger partial charge in [0.15, 0.2) is 0 Å². The van der Waals surface area contributed by atoms with Gasteiger partial charge in [0, 0.05) is 11.9 Å². The summed E-state index contributed by atoms with van der Waals surface area (Å²) in [6, 6.07) is 31.7. The van der Waals surface area contributed by atoms with Crippen molar-refractivity contribution in [2.75, 3.05) is 44.6 Å². The fourth-order valence-electron chi connectivity index (χ4n) is 4.28. The second-order valence-electron chi connectivity index (χ2n) is 11.2. The van der Waals surface area contributed by atoms with E-state index < -0.39 is 0 Å². The smallest absolute Gasteiger partial charge is 0.00312 e. The van der Waals surface area contributed by atoms with Crippen LogP contribution in [0.15, 0.2) is 91.0 Å². The zero-order valence-corrected chi connectivity index (χ0v) is 30.4. The molecule has 0 amide bonds. The van der Waals surface area contributed by atoms with Crippen molar-refractivity contribution < 1.29 is 0 Å². The molecule has 0 saturated heterocycles. The maximum atomic E-state index is 5.36. The molecule has 0 spiro atoms. The summed E-state index contributed by atoms with van der Waals surface area (Å²) in [4.78, 5) is 2.62. The molecule has 3 aromatic rings. The lowest BCUT2D eigenvalue weighted by Crippen LogP contribution is -2.28. The summed E-state index contributed by atoms with van der Waals surface area (Å²) < 4.78 is 0. The van der Waals surface area contributed by atoms with Crippen molar-refractivity contribution in [3.63, 3.8) is 0 Å². The SMILES string of the molecule is CCCCBr.CCCCN(CCCC)CCc1ccccc1.CCCCNCCc1ccccc1.NCCc1ccccc1. The van der Waals surface area contributed by atoms with Crippen LogP contribution in [-0.4, -0.2) is 49.5 Å². The van der Waals surface area contributed by atoms with Crippen LogP contribution < -0.4 is 11.1 Å². The third kappa shape index (κ3) is 27.6. The molecule has 3 N–H and O–H groups in total. The van der Waals surface area contributed by atoms with Crippen molar-refractivity contribution >= 4 is 15.9 Å². The van der Waals surface area contributed by atoms with E-state index in [2.05, 4.69) is 127 Å². The minimum absolute atomic E-state index is 0.740. The molecule has 248 valence electrons. The van der Waals surface area contributed by atoms with Crippen LogP contribution in [0.3, 0.4) is 0 Å². The average Bonchev–Trinajstić information content (AvgIpc) is 3.07. The Morgan fingerprint density at radius 1 is 0.523 bits per heavy atom. The largest absolute Gasteiger partial charge is 0.330 e. The molecule has 0 radical (unpaired) electrons. The van der Waals surface area contributed by atoms with Crippen LogP contribution >= 0.6 is 15.9 Å². The first-order chi connectivity index (χ1) is 21.6. The molecule has 3 rings (SSSR count). The number of halogens is 1. The Morgan fingerprint density at radius 3 is 1.34 bits per heavy atom. The Bertz CT molecular complexity index is 911. The summed E-state index contributed by atoms with van der Waals surface area (Å²) in [7, 11) is 0. The highest BCUT2D eigenvalue weighted by molar-refractivity contribution is 9.09. The Labute approximate surface area is 281 Å². The van der Waals surface area contributed by atoms with Gasteiger partial charge in [-0.05, 0) is 94.4 Å². The van der Waals surface area contributed by atoms with Crippen LogP contribution in [-0.2, 0) is 19.3 Å². The van der Waals surface area contributed by atoms with E-state index in [1.54, 1.807) is 0 Å². The maximum Gasteiger partial charge on any atom is 0.00312 e. The molecule has 0 saturated carbocycles. The number of hydrogen-bond acceptors (Lipinski definition) is 3. The standard InChI is InChI=1S/C16H27N.C12H19N.C8H11N.C4H9Br/c1-3-5-13-17(14-6-4-2)15-12-16-10-8-7-9-11-16;1-2-3-10-13-11-9-12-7-5-4-6-8-12;9-7-6-8-4-2-1-3-5-8;1-2-3-4-5/h7-11H,3-6,12-15H2,1-2H3;4-8,13H,2-3,9-11H2,1H3;1-5H,6-7,9H2;2-4H2,1H3. The second kappa shape index (κ2) is 33.9. The molecular formula is C40H66BrN3. The molecule has 44 heavy (non-hydrogen) atoms. The van der Waals surface area contributed by atoms with Gasteiger partial charge in [0.25, 0.3) is 0 Å². The zero-order chi connectivity index (χ0) is 32.4. The Hall–Kier alpha value is -1.98.